The molecule has 0 atom stereocenters. The van der Waals surface area contributed by atoms with Gasteiger partial charge in [0.05, 0.1) is 0 Å². The minimum absolute atomic E-state index is 0.378. The molecule has 1 aromatic heterocycles. The fourth-order valence-electron chi connectivity index (χ4n) is 1.29. The molecule has 0 aromatic carbocycles. The van der Waals surface area contributed by atoms with Crippen molar-refractivity contribution in [1.82, 2.24) is 4.98 Å². The van der Waals surface area contributed by atoms with Crippen LogP contribution in [-0.2, 0) is 6.42 Å². The van der Waals surface area contributed by atoms with E-state index >= 15 is 0 Å². The summed E-state index contributed by atoms with van der Waals surface area (Å²) in [6.07, 6.45) is 0.797. The predicted octanol–water partition coefficient (Wildman–Crippen LogP) is 2.91. The zero-order valence-electron chi connectivity index (χ0n) is 7.76. The smallest absolute Gasteiger partial charge is 0.213 e. The fourth-order valence-corrected chi connectivity index (χ4v) is 1.29. The van der Waals surface area contributed by atoms with Gasteiger partial charge < -0.3 is 0 Å². The third-order valence-corrected chi connectivity index (χ3v) is 1.93. The SMILES string of the molecule is CCc1nc(F)ccc1C(C)C. The number of nitrogens with zero attached hydrogens (tertiary/aromatic N) is 1. The van der Waals surface area contributed by atoms with Crippen molar-refractivity contribution < 1.29 is 4.39 Å². The van der Waals surface area contributed by atoms with E-state index in [-0.39, 0.29) is 5.95 Å². The van der Waals surface area contributed by atoms with Gasteiger partial charge >= 0.3 is 0 Å². The molecule has 0 aliphatic heterocycles. The van der Waals surface area contributed by atoms with E-state index in [9.17, 15) is 4.39 Å². The zero-order chi connectivity index (χ0) is 9.14. The number of hydrogen-bond donors (Lipinski definition) is 0. The van der Waals surface area contributed by atoms with Gasteiger partial charge in [0.2, 0.25) is 5.95 Å². The summed E-state index contributed by atoms with van der Waals surface area (Å²) < 4.78 is 12.7. The normalized spacial score (nSPS) is 10.8. The van der Waals surface area contributed by atoms with Gasteiger partial charge in [-0.15, -0.1) is 0 Å². The van der Waals surface area contributed by atoms with Crippen LogP contribution in [-0.4, -0.2) is 4.98 Å². The molecule has 0 aliphatic rings. The summed E-state index contributed by atoms with van der Waals surface area (Å²) in [6, 6.07) is 3.25. The van der Waals surface area contributed by atoms with Crippen LogP contribution in [0.15, 0.2) is 12.1 Å². The van der Waals surface area contributed by atoms with Crippen LogP contribution < -0.4 is 0 Å². The monoisotopic (exact) mass is 167 g/mol. The van der Waals surface area contributed by atoms with Crippen LogP contribution in [0.25, 0.3) is 0 Å². The second-order valence-corrected chi connectivity index (χ2v) is 3.18. The van der Waals surface area contributed by atoms with Crippen molar-refractivity contribution in [3.05, 3.63) is 29.3 Å². The second-order valence-electron chi connectivity index (χ2n) is 3.18. The molecular weight excluding hydrogens is 153 g/mol. The van der Waals surface area contributed by atoms with Gasteiger partial charge in [-0.3, -0.25) is 0 Å². The molecule has 0 saturated heterocycles. The molecule has 1 heterocycles. The van der Waals surface area contributed by atoms with E-state index in [0.29, 0.717) is 5.92 Å². The first-order chi connectivity index (χ1) is 5.65. The maximum Gasteiger partial charge on any atom is 0.213 e. The molecule has 0 radical (unpaired) electrons. The van der Waals surface area contributed by atoms with Gasteiger partial charge in [-0.05, 0) is 24.0 Å². The van der Waals surface area contributed by atoms with Gasteiger partial charge in [-0.1, -0.05) is 26.8 Å². The highest BCUT2D eigenvalue weighted by Crippen LogP contribution is 2.18. The molecule has 1 aromatic rings. The van der Waals surface area contributed by atoms with E-state index in [0.717, 1.165) is 17.7 Å². The number of rotatable bonds is 2. The summed E-state index contributed by atoms with van der Waals surface area (Å²) in [5.41, 5.74) is 2.03. The summed E-state index contributed by atoms with van der Waals surface area (Å²) >= 11 is 0. The first-order valence-electron chi connectivity index (χ1n) is 4.30. The molecule has 0 aliphatic carbocycles. The van der Waals surface area contributed by atoms with Crippen molar-refractivity contribution in [2.24, 2.45) is 0 Å². The zero-order valence-corrected chi connectivity index (χ0v) is 7.76. The van der Waals surface area contributed by atoms with E-state index in [1.165, 1.54) is 6.07 Å². The van der Waals surface area contributed by atoms with Crippen molar-refractivity contribution in [2.75, 3.05) is 0 Å². The van der Waals surface area contributed by atoms with Crippen molar-refractivity contribution >= 4 is 0 Å². The Labute approximate surface area is 72.6 Å². The molecular formula is C10H14FN. The van der Waals surface area contributed by atoms with Crippen LogP contribution in [0, 0.1) is 5.95 Å². The van der Waals surface area contributed by atoms with Crippen LogP contribution in [0.5, 0.6) is 0 Å². The number of pyridine rings is 1. The highest BCUT2D eigenvalue weighted by molar-refractivity contribution is 5.23. The van der Waals surface area contributed by atoms with Crippen LogP contribution >= 0.6 is 0 Å². The number of aryl methyl sites for hydroxylation is 1. The Kier molecular flexibility index (Phi) is 2.79. The number of hydrogen-bond acceptors (Lipinski definition) is 1. The van der Waals surface area contributed by atoms with Gasteiger partial charge in [0.25, 0.3) is 0 Å². The lowest BCUT2D eigenvalue weighted by molar-refractivity contribution is 0.573. The van der Waals surface area contributed by atoms with Gasteiger partial charge in [-0.2, -0.15) is 4.39 Å². The maximum atomic E-state index is 12.7. The second kappa shape index (κ2) is 3.65. The third-order valence-electron chi connectivity index (χ3n) is 1.93. The lowest BCUT2D eigenvalue weighted by Gasteiger charge is -2.09. The number of aromatic nitrogens is 1. The molecule has 1 rings (SSSR count). The van der Waals surface area contributed by atoms with E-state index in [4.69, 9.17) is 0 Å². The van der Waals surface area contributed by atoms with Crippen LogP contribution in [0.1, 0.15) is 37.9 Å². The average Bonchev–Trinajstić information content (AvgIpc) is 2.03. The Morgan fingerprint density at radius 3 is 2.58 bits per heavy atom. The first-order valence-corrected chi connectivity index (χ1v) is 4.30. The van der Waals surface area contributed by atoms with Crippen molar-refractivity contribution in [1.29, 1.82) is 0 Å². The van der Waals surface area contributed by atoms with Crippen LogP contribution in [0.2, 0.25) is 0 Å². The fraction of sp³-hybridized carbons (Fsp3) is 0.500. The van der Waals surface area contributed by atoms with E-state index < -0.39 is 0 Å². The molecule has 66 valence electrons. The molecule has 0 spiro atoms. The molecule has 1 nitrogen and oxygen atoms in total. The molecule has 12 heavy (non-hydrogen) atoms. The Morgan fingerprint density at radius 2 is 2.08 bits per heavy atom. The summed E-state index contributed by atoms with van der Waals surface area (Å²) in [4.78, 5) is 3.85. The Bertz CT molecular complexity index is 269. The quantitative estimate of drug-likeness (QED) is 0.617. The average molecular weight is 167 g/mol. The van der Waals surface area contributed by atoms with Crippen LogP contribution in [0.4, 0.5) is 4.39 Å². The van der Waals surface area contributed by atoms with Crippen LogP contribution in [0.3, 0.4) is 0 Å². The lowest BCUT2D eigenvalue weighted by atomic mass is 10.0. The highest BCUT2D eigenvalue weighted by Gasteiger charge is 2.06. The topological polar surface area (TPSA) is 12.9 Å². The van der Waals surface area contributed by atoms with Gasteiger partial charge in [-0.25, -0.2) is 4.98 Å². The molecule has 0 fully saturated rings. The molecule has 0 saturated carbocycles. The Hall–Kier alpha value is -0.920. The van der Waals surface area contributed by atoms with Gasteiger partial charge in [0, 0.05) is 5.69 Å². The molecule has 2 heteroatoms. The van der Waals surface area contributed by atoms with E-state index in [2.05, 4.69) is 18.8 Å². The maximum absolute atomic E-state index is 12.7. The van der Waals surface area contributed by atoms with Crippen molar-refractivity contribution in [2.45, 2.75) is 33.1 Å². The van der Waals surface area contributed by atoms with E-state index in [1.54, 1.807) is 0 Å². The van der Waals surface area contributed by atoms with Crippen molar-refractivity contribution in [3.8, 4) is 0 Å². The van der Waals surface area contributed by atoms with E-state index in [1.807, 2.05) is 13.0 Å². The predicted molar refractivity (Wildman–Crippen MR) is 47.7 cm³/mol. The highest BCUT2D eigenvalue weighted by atomic mass is 19.1. The summed E-state index contributed by atoms with van der Waals surface area (Å²) in [5.74, 6) is 0.0456. The summed E-state index contributed by atoms with van der Waals surface area (Å²) in [6.45, 7) is 6.18. The third kappa shape index (κ3) is 1.81. The molecule has 0 unspecified atom stereocenters. The minimum Gasteiger partial charge on any atom is -0.225 e. The lowest BCUT2D eigenvalue weighted by Crippen LogP contribution is -2.00. The summed E-state index contributed by atoms with van der Waals surface area (Å²) in [7, 11) is 0. The molecule has 0 bridgehead atoms. The Balaban J connectivity index is 3.11. The largest absolute Gasteiger partial charge is 0.225 e. The minimum atomic E-state index is -0.378. The van der Waals surface area contributed by atoms with Gasteiger partial charge in [0.15, 0.2) is 0 Å². The summed E-state index contributed by atoms with van der Waals surface area (Å²) in [5, 5.41) is 0. The van der Waals surface area contributed by atoms with Gasteiger partial charge in [0.1, 0.15) is 0 Å². The standard InChI is InChI=1S/C10H14FN/c1-4-9-8(7(2)3)5-6-10(11)12-9/h5-7H,4H2,1-3H3. The molecule has 0 amide bonds. The van der Waals surface area contributed by atoms with Crippen molar-refractivity contribution in [3.63, 3.8) is 0 Å². The number of halogens is 1. The first kappa shape index (κ1) is 9.17. The molecule has 0 N–H and O–H groups in total. The Morgan fingerprint density at radius 1 is 1.42 bits per heavy atom.